The van der Waals surface area contributed by atoms with Crippen molar-refractivity contribution in [3.8, 4) is 0 Å². The highest BCUT2D eigenvalue weighted by atomic mass is 19.1. The van der Waals surface area contributed by atoms with Gasteiger partial charge < -0.3 is 10.5 Å². The Labute approximate surface area is 107 Å². The highest BCUT2D eigenvalue weighted by Gasteiger charge is 2.35. The molecule has 1 aromatic rings. The molecule has 0 amide bonds. The molecule has 2 aliphatic rings. The Hall–Kier alpha value is -1.13. The van der Waals surface area contributed by atoms with Gasteiger partial charge in [0.1, 0.15) is 5.82 Å². The van der Waals surface area contributed by atoms with Gasteiger partial charge in [-0.3, -0.25) is 4.90 Å². The molecule has 2 unspecified atom stereocenters. The Morgan fingerprint density at radius 1 is 1.39 bits per heavy atom. The number of nitrogens with zero attached hydrogens (tertiary/aromatic N) is 1. The first kappa shape index (κ1) is 11.9. The number of nitrogen functional groups attached to an aromatic ring is 1. The van der Waals surface area contributed by atoms with Crippen LogP contribution in [0.5, 0.6) is 0 Å². The van der Waals surface area contributed by atoms with Gasteiger partial charge in [0.15, 0.2) is 0 Å². The molecule has 2 fully saturated rings. The molecule has 3 nitrogen and oxygen atoms in total. The third-order valence-corrected chi connectivity index (χ3v) is 4.08. The summed E-state index contributed by atoms with van der Waals surface area (Å²) in [6, 6.07) is 5.10. The largest absolute Gasteiger partial charge is 0.398 e. The second kappa shape index (κ2) is 4.86. The summed E-state index contributed by atoms with van der Waals surface area (Å²) >= 11 is 0. The summed E-state index contributed by atoms with van der Waals surface area (Å²) in [5.74, 6) is -0.213. The van der Waals surface area contributed by atoms with Crippen LogP contribution < -0.4 is 5.73 Å². The van der Waals surface area contributed by atoms with Crippen molar-refractivity contribution in [3.05, 3.63) is 29.6 Å². The van der Waals surface area contributed by atoms with Gasteiger partial charge in [0.2, 0.25) is 0 Å². The maximum atomic E-state index is 13.3. The molecule has 1 heterocycles. The average molecular weight is 250 g/mol. The van der Waals surface area contributed by atoms with Crippen LogP contribution in [-0.4, -0.2) is 30.2 Å². The van der Waals surface area contributed by atoms with E-state index in [1.165, 1.54) is 18.9 Å². The quantitative estimate of drug-likeness (QED) is 0.817. The van der Waals surface area contributed by atoms with Gasteiger partial charge in [-0.05, 0) is 43.0 Å². The Morgan fingerprint density at radius 3 is 3.17 bits per heavy atom. The number of rotatable bonds is 2. The monoisotopic (exact) mass is 250 g/mol. The van der Waals surface area contributed by atoms with Crippen LogP contribution in [0.3, 0.4) is 0 Å². The lowest BCUT2D eigenvalue weighted by Crippen LogP contribution is -2.47. The highest BCUT2D eigenvalue weighted by molar-refractivity contribution is 5.46. The summed E-state index contributed by atoms with van der Waals surface area (Å²) in [5.41, 5.74) is 7.49. The minimum absolute atomic E-state index is 0.213. The molecule has 98 valence electrons. The third-order valence-electron chi connectivity index (χ3n) is 4.08. The molecule has 18 heavy (non-hydrogen) atoms. The molecule has 0 spiro atoms. The average Bonchev–Trinajstić information content (AvgIpc) is 2.83. The predicted molar refractivity (Wildman–Crippen MR) is 68.6 cm³/mol. The molecular formula is C14H19FN2O. The van der Waals surface area contributed by atoms with E-state index in [4.69, 9.17) is 10.5 Å². The summed E-state index contributed by atoms with van der Waals surface area (Å²) in [5, 5.41) is 0. The van der Waals surface area contributed by atoms with E-state index in [1.807, 2.05) is 0 Å². The molecule has 4 heteroatoms. The second-order valence-corrected chi connectivity index (χ2v) is 5.22. The van der Waals surface area contributed by atoms with Crippen molar-refractivity contribution < 1.29 is 9.13 Å². The third kappa shape index (κ3) is 2.22. The Balaban J connectivity index is 1.77. The lowest BCUT2D eigenvalue weighted by Gasteiger charge is -2.37. The smallest absolute Gasteiger partial charge is 0.123 e. The van der Waals surface area contributed by atoms with Crippen LogP contribution in [0, 0.1) is 5.82 Å². The minimum Gasteiger partial charge on any atom is -0.398 e. The fraction of sp³-hybridized carbons (Fsp3) is 0.571. The first-order valence-electron chi connectivity index (χ1n) is 6.63. The maximum Gasteiger partial charge on any atom is 0.123 e. The molecule has 2 atom stereocenters. The van der Waals surface area contributed by atoms with Crippen molar-refractivity contribution in [2.75, 3.05) is 18.9 Å². The number of hydrogen-bond donors (Lipinski definition) is 1. The summed E-state index contributed by atoms with van der Waals surface area (Å²) in [7, 11) is 0. The van der Waals surface area contributed by atoms with Crippen LogP contribution >= 0.6 is 0 Å². The van der Waals surface area contributed by atoms with Gasteiger partial charge in [-0.25, -0.2) is 4.39 Å². The van der Waals surface area contributed by atoms with Crippen LogP contribution in [0.15, 0.2) is 18.2 Å². The van der Waals surface area contributed by atoms with Crippen LogP contribution in [0.1, 0.15) is 24.8 Å². The summed E-state index contributed by atoms with van der Waals surface area (Å²) in [4.78, 5) is 2.40. The molecule has 1 aromatic carbocycles. The SMILES string of the molecule is Nc1ccc(F)cc1CN1CCOC2CCCC21. The van der Waals surface area contributed by atoms with Gasteiger partial charge in [0.05, 0.1) is 12.7 Å². The number of ether oxygens (including phenoxy) is 1. The summed E-state index contributed by atoms with van der Waals surface area (Å²) in [6.07, 6.45) is 3.93. The number of anilines is 1. The zero-order valence-electron chi connectivity index (χ0n) is 10.4. The van der Waals surface area contributed by atoms with Gasteiger partial charge in [0, 0.05) is 24.8 Å². The molecule has 0 radical (unpaired) electrons. The van der Waals surface area contributed by atoms with Gasteiger partial charge in [-0.2, -0.15) is 0 Å². The van der Waals surface area contributed by atoms with E-state index < -0.39 is 0 Å². The number of halogens is 1. The highest BCUT2D eigenvalue weighted by Crippen LogP contribution is 2.31. The second-order valence-electron chi connectivity index (χ2n) is 5.22. The Bertz CT molecular complexity index is 438. The van der Waals surface area contributed by atoms with Gasteiger partial charge >= 0.3 is 0 Å². The predicted octanol–water partition coefficient (Wildman–Crippen LogP) is 2.16. The van der Waals surface area contributed by atoms with E-state index in [1.54, 1.807) is 12.1 Å². The standard InChI is InChI=1S/C14H19FN2O/c15-11-4-5-12(16)10(8-11)9-17-6-7-18-14-3-1-2-13(14)17/h4-5,8,13-14H,1-3,6-7,9,16H2. The number of benzene rings is 1. The molecule has 0 bridgehead atoms. The van der Waals surface area contributed by atoms with E-state index >= 15 is 0 Å². The topological polar surface area (TPSA) is 38.5 Å². The minimum atomic E-state index is -0.213. The van der Waals surface area contributed by atoms with Crippen LogP contribution in [0.25, 0.3) is 0 Å². The summed E-state index contributed by atoms with van der Waals surface area (Å²) in [6.45, 7) is 2.42. The zero-order chi connectivity index (χ0) is 12.5. The van der Waals surface area contributed by atoms with Crippen molar-refractivity contribution in [2.45, 2.75) is 38.0 Å². The van der Waals surface area contributed by atoms with E-state index in [0.29, 0.717) is 17.8 Å². The number of morpholine rings is 1. The van der Waals surface area contributed by atoms with Gasteiger partial charge in [-0.1, -0.05) is 0 Å². The Morgan fingerprint density at radius 2 is 2.28 bits per heavy atom. The number of fused-ring (bicyclic) bond motifs is 1. The fourth-order valence-electron chi connectivity index (χ4n) is 3.13. The molecule has 3 rings (SSSR count). The van der Waals surface area contributed by atoms with Crippen LogP contribution in [-0.2, 0) is 11.3 Å². The van der Waals surface area contributed by atoms with E-state index in [-0.39, 0.29) is 5.82 Å². The summed E-state index contributed by atoms with van der Waals surface area (Å²) < 4.78 is 19.0. The molecular weight excluding hydrogens is 231 g/mol. The van der Waals surface area contributed by atoms with Crippen molar-refractivity contribution in [3.63, 3.8) is 0 Å². The van der Waals surface area contributed by atoms with Crippen molar-refractivity contribution in [1.29, 1.82) is 0 Å². The molecule has 1 saturated heterocycles. The lowest BCUT2D eigenvalue weighted by molar-refractivity contribution is -0.0587. The van der Waals surface area contributed by atoms with Crippen molar-refractivity contribution in [2.24, 2.45) is 0 Å². The molecule has 1 aliphatic heterocycles. The molecule has 1 aliphatic carbocycles. The normalized spacial score (nSPS) is 28.3. The Kier molecular flexibility index (Phi) is 3.22. The van der Waals surface area contributed by atoms with Gasteiger partial charge in [-0.15, -0.1) is 0 Å². The maximum absolute atomic E-state index is 13.3. The van der Waals surface area contributed by atoms with Crippen molar-refractivity contribution >= 4 is 5.69 Å². The van der Waals surface area contributed by atoms with Crippen molar-refractivity contribution in [1.82, 2.24) is 4.90 Å². The van der Waals surface area contributed by atoms with Crippen LogP contribution in [0.2, 0.25) is 0 Å². The lowest BCUT2D eigenvalue weighted by atomic mass is 10.1. The molecule has 0 aromatic heterocycles. The molecule has 2 N–H and O–H groups in total. The zero-order valence-corrected chi connectivity index (χ0v) is 10.4. The van der Waals surface area contributed by atoms with E-state index in [9.17, 15) is 4.39 Å². The molecule has 1 saturated carbocycles. The van der Waals surface area contributed by atoms with E-state index in [0.717, 1.165) is 31.7 Å². The first-order valence-corrected chi connectivity index (χ1v) is 6.63. The van der Waals surface area contributed by atoms with E-state index in [2.05, 4.69) is 4.90 Å². The van der Waals surface area contributed by atoms with Crippen LogP contribution in [0.4, 0.5) is 10.1 Å². The fourth-order valence-corrected chi connectivity index (χ4v) is 3.13. The number of nitrogens with two attached hydrogens (primary N) is 1. The first-order chi connectivity index (χ1) is 8.74. The van der Waals surface area contributed by atoms with Gasteiger partial charge in [0.25, 0.3) is 0 Å². The number of hydrogen-bond acceptors (Lipinski definition) is 3.